The zero-order chi connectivity index (χ0) is 22.3. The molecule has 0 spiro atoms. The maximum absolute atomic E-state index is 13.8. The van der Waals surface area contributed by atoms with Crippen LogP contribution in [0.25, 0.3) is 0 Å². The number of halogens is 1. The Morgan fingerprint density at radius 1 is 1.00 bits per heavy atom. The smallest absolute Gasteiger partial charge is 0.264 e. The summed E-state index contributed by atoms with van der Waals surface area (Å²) < 4.78 is 53.4. The molecular weight excluding hydrogens is 429 g/mol. The molecule has 0 aromatic heterocycles. The van der Waals surface area contributed by atoms with Crippen LogP contribution in [0.1, 0.15) is 35.6 Å². The summed E-state index contributed by atoms with van der Waals surface area (Å²) in [6.07, 6.45) is 3.33. The van der Waals surface area contributed by atoms with Gasteiger partial charge >= 0.3 is 0 Å². The maximum atomic E-state index is 13.8. The Labute approximate surface area is 187 Å². The van der Waals surface area contributed by atoms with Gasteiger partial charge in [0, 0.05) is 18.7 Å². The first-order valence-electron chi connectivity index (χ1n) is 10.7. The van der Waals surface area contributed by atoms with Crippen molar-refractivity contribution in [1.29, 1.82) is 0 Å². The van der Waals surface area contributed by atoms with Crippen LogP contribution in [-0.2, 0) is 22.9 Å². The van der Waals surface area contributed by atoms with Gasteiger partial charge in [-0.1, -0.05) is 30.3 Å². The first-order chi connectivity index (χ1) is 15.5. The van der Waals surface area contributed by atoms with E-state index in [1.165, 1.54) is 34.7 Å². The number of hydrogen-bond donors (Lipinski definition) is 0. The van der Waals surface area contributed by atoms with Crippen molar-refractivity contribution in [2.24, 2.45) is 0 Å². The van der Waals surface area contributed by atoms with E-state index in [-0.39, 0.29) is 16.7 Å². The third kappa shape index (κ3) is 3.60. The lowest BCUT2D eigenvalue weighted by molar-refractivity contribution is 0.207. The molecule has 1 aliphatic carbocycles. The summed E-state index contributed by atoms with van der Waals surface area (Å²) in [5.74, 6) is -0.0532. The average Bonchev–Trinajstić information content (AvgIpc) is 3.21. The van der Waals surface area contributed by atoms with Crippen molar-refractivity contribution in [3.63, 3.8) is 0 Å². The molecule has 0 radical (unpaired) electrons. The van der Waals surface area contributed by atoms with E-state index in [1.807, 2.05) is 30.3 Å². The lowest BCUT2D eigenvalue weighted by Gasteiger charge is -2.31. The Hall–Kier alpha value is -3.06. The second kappa shape index (κ2) is 8.13. The highest BCUT2D eigenvalue weighted by molar-refractivity contribution is 7.92. The fourth-order valence-electron chi connectivity index (χ4n) is 4.58. The monoisotopic (exact) mass is 453 g/mol. The summed E-state index contributed by atoms with van der Waals surface area (Å²) in [5, 5.41) is 0. The number of rotatable bonds is 5. The van der Waals surface area contributed by atoms with E-state index in [9.17, 15) is 12.8 Å². The normalized spacial score (nSPS) is 17.6. The molecule has 0 saturated heterocycles. The van der Waals surface area contributed by atoms with Crippen LogP contribution >= 0.6 is 0 Å². The van der Waals surface area contributed by atoms with Crippen LogP contribution in [0.5, 0.6) is 11.5 Å². The van der Waals surface area contributed by atoms with Crippen molar-refractivity contribution in [1.82, 2.24) is 0 Å². The first kappa shape index (κ1) is 20.8. The minimum Gasteiger partial charge on any atom is -0.494 e. The van der Waals surface area contributed by atoms with Gasteiger partial charge < -0.3 is 9.47 Å². The fourth-order valence-corrected chi connectivity index (χ4v) is 6.13. The molecule has 1 aliphatic heterocycles. The van der Waals surface area contributed by atoms with Gasteiger partial charge in [-0.3, -0.25) is 4.31 Å². The van der Waals surface area contributed by atoms with Crippen LogP contribution < -0.4 is 13.8 Å². The number of anilines is 1. The van der Waals surface area contributed by atoms with Crippen molar-refractivity contribution in [3.05, 3.63) is 83.2 Å². The van der Waals surface area contributed by atoms with Gasteiger partial charge in [0.2, 0.25) is 0 Å². The van der Waals surface area contributed by atoms with Gasteiger partial charge in [-0.05, 0) is 60.6 Å². The second-order valence-electron chi connectivity index (χ2n) is 8.11. The third-order valence-electron chi connectivity index (χ3n) is 6.20. The van der Waals surface area contributed by atoms with Crippen molar-refractivity contribution in [3.8, 4) is 11.5 Å². The van der Waals surface area contributed by atoms with Crippen LogP contribution in [0.2, 0.25) is 0 Å². The number of nitrogens with zero attached hydrogens (tertiary/aromatic N) is 1. The lowest BCUT2D eigenvalue weighted by atomic mass is 10.0. The molecule has 5 rings (SSSR count). The summed E-state index contributed by atoms with van der Waals surface area (Å²) >= 11 is 0. The predicted octanol–water partition coefficient (Wildman–Crippen LogP) is 5.04. The number of methoxy groups -OCH3 is 1. The fraction of sp³-hybridized carbons (Fsp3) is 0.280. The molecule has 0 fully saturated rings. The zero-order valence-corrected chi connectivity index (χ0v) is 18.6. The highest BCUT2D eigenvalue weighted by Gasteiger charge is 2.31. The minimum absolute atomic E-state index is 0.000332. The van der Waals surface area contributed by atoms with E-state index in [0.29, 0.717) is 24.4 Å². The van der Waals surface area contributed by atoms with E-state index < -0.39 is 15.8 Å². The van der Waals surface area contributed by atoms with Crippen LogP contribution in [0, 0.1) is 5.82 Å². The maximum Gasteiger partial charge on any atom is 0.264 e. The molecule has 32 heavy (non-hydrogen) atoms. The van der Waals surface area contributed by atoms with Crippen molar-refractivity contribution < 1.29 is 22.3 Å². The van der Waals surface area contributed by atoms with Gasteiger partial charge in [-0.25, -0.2) is 12.8 Å². The molecule has 0 N–H and O–H groups in total. The van der Waals surface area contributed by atoms with Crippen molar-refractivity contribution >= 4 is 15.7 Å². The lowest BCUT2D eigenvalue weighted by Crippen LogP contribution is -2.35. The summed E-state index contributed by atoms with van der Waals surface area (Å²) in [4.78, 5) is -0.000332. The molecular formula is C25H24FNO4S. The highest BCUT2D eigenvalue weighted by Crippen LogP contribution is 2.39. The van der Waals surface area contributed by atoms with Crippen LogP contribution in [0.15, 0.2) is 65.6 Å². The van der Waals surface area contributed by atoms with Gasteiger partial charge in [-0.2, -0.15) is 0 Å². The number of sulfonamides is 1. The molecule has 166 valence electrons. The van der Waals surface area contributed by atoms with Gasteiger partial charge in [0.15, 0.2) is 11.6 Å². The third-order valence-corrected chi connectivity index (χ3v) is 8.01. The Balaban J connectivity index is 1.48. The van der Waals surface area contributed by atoms with Gasteiger partial charge in [-0.15, -0.1) is 0 Å². The topological polar surface area (TPSA) is 55.8 Å². The number of hydrogen-bond acceptors (Lipinski definition) is 4. The Bertz CT molecular complexity index is 1270. The predicted molar refractivity (Wildman–Crippen MR) is 120 cm³/mol. The number of aryl methyl sites for hydroxylation is 2. The van der Waals surface area contributed by atoms with E-state index in [0.717, 1.165) is 30.9 Å². The Kier molecular flexibility index (Phi) is 5.29. The van der Waals surface area contributed by atoms with Crippen molar-refractivity contribution in [2.75, 3.05) is 18.0 Å². The van der Waals surface area contributed by atoms with Crippen LogP contribution in [0.3, 0.4) is 0 Å². The quantitative estimate of drug-likeness (QED) is 0.543. The van der Waals surface area contributed by atoms with E-state index in [2.05, 4.69) is 12.1 Å². The molecule has 0 saturated carbocycles. The van der Waals surface area contributed by atoms with Crippen LogP contribution in [-0.4, -0.2) is 22.1 Å². The van der Waals surface area contributed by atoms with Gasteiger partial charge in [0.05, 0.1) is 17.7 Å². The molecule has 5 nitrogen and oxygen atoms in total. The van der Waals surface area contributed by atoms with E-state index in [4.69, 9.17) is 9.47 Å². The van der Waals surface area contributed by atoms with Crippen LogP contribution in [0.4, 0.5) is 10.1 Å². The average molecular weight is 454 g/mol. The minimum atomic E-state index is -3.89. The molecule has 1 atom stereocenters. The van der Waals surface area contributed by atoms with E-state index in [1.54, 1.807) is 0 Å². The Morgan fingerprint density at radius 3 is 2.69 bits per heavy atom. The van der Waals surface area contributed by atoms with Crippen molar-refractivity contribution in [2.45, 2.75) is 36.7 Å². The number of ether oxygens (including phenoxy) is 2. The van der Waals surface area contributed by atoms with Gasteiger partial charge in [0.25, 0.3) is 10.0 Å². The largest absolute Gasteiger partial charge is 0.494 e. The molecule has 0 amide bonds. The molecule has 7 heteroatoms. The summed E-state index contributed by atoms with van der Waals surface area (Å²) in [5.41, 5.74) is 4.05. The summed E-state index contributed by atoms with van der Waals surface area (Å²) in [6, 6.07) is 17.6. The number of fused-ring (bicyclic) bond motifs is 2. The standard InChI is InChI=1S/C25H24FNO4S/c1-30-25-16-20(11-12-22(25)26)32(28,29)27-14-4-6-18-8-10-19(15-23(18)27)31-24-13-9-17-5-2-3-7-21(17)24/h2-3,5,7-8,10-12,15-16,24H,4,6,9,13-14H2,1H3/t24-/m1/s1. The second-order valence-corrected chi connectivity index (χ2v) is 9.97. The highest BCUT2D eigenvalue weighted by atomic mass is 32.2. The molecule has 2 aliphatic rings. The molecule has 0 bridgehead atoms. The molecule has 1 heterocycles. The summed E-state index contributed by atoms with van der Waals surface area (Å²) in [6.45, 7) is 0.352. The number of benzene rings is 3. The molecule has 0 unspecified atom stereocenters. The SMILES string of the molecule is COc1cc(S(=O)(=O)N2CCCc3ccc(O[C@@H]4CCc5ccccc54)cc32)ccc1F. The zero-order valence-electron chi connectivity index (χ0n) is 17.8. The van der Waals surface area contributed by atoms with E-state index >= 15 is 0 Å². The molecule has 3 aromatic carbocycles. The van der Waals surface area contributed by atoms with Gasteiger partial charge in [0.1, 0.15) is 11.9 Å². The Morgan fingerprint density at radius 2 is 1.84 bits per heavy atom. The first-order valence-corrected chi connectivity index (χ1v) is 12.1. The molecule has 3 aromatic rings. The summed E-state index contributed by atoms with van der Waals surface area (Å²) in [7, 11) is -2.57.